The molecule has 1 aliphatic heterocycles. The first-order valence-electron chi connectivity index (χ1n) is 10.1. The molecule has 0 aromatic carbocycles. The molecule has 5 rings (SSSR count). The van der Waals surface area contributed by atoms with Crippen molar-refractivity contribution in [3.05, 3.63) is 41.7 Å². The van der Waals surface area contributed by atoms with Crippen molar-refractivity contribution in [1.29, 1.82) is 0 Å². The van der Waals surface area contributed by atoms with Crippen molar-refractivity contribution in [2.45, 2.75) is 69.0 Å². The van der Waals surface area contributed by atoms with Crippen molar-refractivity contribution < 1.29 is 0 Å². The van der Waals surface area contributed by atoms with Gasteiger partial charge in [0.05, 0.1) is 6.54 Å². The number of nitrogens with two attached hydrogens (primary N) is 1. The van der Waals surface area contributed by atoms with Crippen LogP contribution in [0.15, 0.2) is 24.5 Å². The number of pyridine rings is 1. The van der Waals surface area contributed by atoms with Gasteiger partial charge in [-0.2, -0.15) is 0 Å². The Bertz CT molecular complexity index is 739. The van der Waals surface area contributed by atoms with E-state index in [4.69, 9.17) is 5.73 Å². The minimum Gasteiger partial charge on any atom is -0.328 e. The summed E-state index contributed by atoms with van der Waals surface area (Å²) in [6.07, 6.45) is 10.9. The second kappa shape index (κ2) is 6.74. The second-order valence-corrected chi connectivity index (χ2v) is 8.33. The molecule has 138 valence electrons. The number of hydrogen-bond donors (Lipinski definition) is 1. The molecule has 26 heavy (non-hydrogen) atoms. The molecule has 0 bridgehead atoms. The predicted molar refractivity (Wildman–Crippen MR) is 99.7 cm³/mol. The van der Waals surface area contributed by atoms with E-state index in [0.717, 1.165) is 32.5 Å². The topological polar surface area (TPSA) is 72.9 Å². The lowest BCUT2D eigenvalue weighted by atomic mass is 9.80. The average molecular weight is 352 g/mol. The third kappa shape index (κ3) is 3.16. The highest BCUT2D eigenvalue weighted by Gasteiger charge is 2.37. The average Bonchev–Trinajstić information content (AvgIpc) is 3.41. The second-order valence-electron chi connectivity index (χ2n) is 8.33. The molecule has 3 heterocycles. The largest absolute Gasteiger partial charge is 0.328 e. The van der Waals surface area contributed by atoms with Gasteiger partial charge in [0.15, 0.2) is 0 Å². The van der Waals surface area contributed by atoms with Gasteiger partial charge in [0.25, 0.3) is 0 Å². The van der Waals surface area contributed by atoms with Crippen LogP contribution in [0.4, 0.5) is 0 Å². The smallest absolute Gasteiger partial charge is 0.147 e. The Morgan fingerprint density at radius 3 is 2.35 bits per heavy atom. The zero-order valence-electron chi connectivity index (χ0n) is 15.3. The van der Waals surface area contributed by atoms with Crippen molar-refractivity contribution in [2.24, 2.45) is 5.73 Å². The van der Waals surface area contributed by atoms with Crippen LogP contribution < -0.4 is 5.73 Å². The Kier molecular flexibility index (Phi) is 4.25. The number of hydrogen-bond acceptors (Lipinski definition) is 5. The number of piperidine rings is 1. The lowest BCUT2D eigenvalue weighted by molar-refractivity contribution is 0.197. The molecule has 2 aromatic heterocycles. The Morgan fingerprint density at radius 1 is 0.962 bits per heavy atom. The van der Waals surface area contributed by atoms with Crippen molar-refractivity contribution >= 4 is 0 Å². The Labute approximate surface area is 154 Å². The van der Waals surface area contributed by atoms with Gasteiger partial charge in [0.1, 0.15) is 11.6 Å². The van der Waals surface area contributed by atoms with E-state index in [1.165, 1.54) is 42.9 Å². The first-order valence-corrected chi connectivity index (χ1v) is 10.1. The third-order valence-corrected chi connectivity index (χ3v) is 6.37. The van der Waals surface area contributed by atoms with E-state index in [-0.39, 0.29) is 0 Å². The Balaban J connectivity index is 1.25. The van der Waals surface area contributed by atoms with Crippen LogP contribution in [0.2, 0.25) is 0 Å². The molecule has 6 nitrogen and oxygen atoms in total. The number of likely N-dealkylation sites (tertiary alicyclic amines) is 1. The van der Waals surface area contributed by atoms with Crippen LogP contribution in [0.25, 0.3) is 0 Å². The highest BCUT2D eigenvalue weighted by molar-refractivity contribution is 5.17. The summed E-state index contributed by atoms with van der Waals surface area (Å²) in [4.78, 5) is 6.69. The fourth-order valence-corrected chi connectivity index (χ4v) is 4.59. The van der Waals surface area contributed by atoms with Gasteiger partial charge in [-0.05, 0) is 75.2 Å². The highest BCUT2D eigenvalue weighted by atomic mass is 15.3. The van der Waals surface area contributed by atoms with Crippen molar-refractivity contribution in [3.8, 4) is 0 Å². The van der Waals surface area contributed by atoms with E-state index in [1.807, 2.05) is 12.4 Å². The maximum Gasteiger partial charge on any atom is 0.147 e. The highest BCUT2D eigenvalue weighted by Crippen LogP contribution is 2.42. The fourth-order valence-electron chi connectivity index (χ4n) is 4.59. The summed E-state index contributed by atoms with van der Waals surface area (Å²) >= 11 is 0. The monoisotopic (exact) mass is 352 g/mol. The van der Waals surface area contributed by atoms with E-state index in [2.05, 4.69) is 36.8 Å². The van der Waals surface area contributed by atoms with Crippen LogP contribution in [0.1, 0.15) is 73.6 Å². The lowest BCUT2D eigenvalue weighted by Crippen LogP contribution is -2.36. The minimum absolute atomic E-state index is 0.361. The molecule has 2 aromatic rings. The van der Waals surface area contributed by atoms with E-state index in [9.17, 15) is 0 Å². The summed E-state index contributed by atoms with van der Waals surface area (Å²) in [6.45, 7) is 3.20. The first-order chi connectivity index (χ1) is 12.8. The van der Waals surface area contributed by atoms with Crippen LogP contribution in [0.3, 0.4) is 0 Å². The SMILES string of the molecule is NC1CC(c2nnc(CN3CCC(c4ccncc4)CC3)n2C2CC2)C1. The Morgan fingerprint density at radius 2 is 1.69 bits per heavy atom. The molecule has 0 unspecified atom stereocenters. The van der Waals surface area contributed by atoms with Gasteiger partial charge in [0.2, 0.25) is 0 Å². The van der Waals surface area contributed by atoms with Gasteiger partial charge in [-0.25, -0.2) is 0 Å². The molecule has 2 saturated carbocycles. The van der Waals surface area contributed by atoms with Gasteiger partial charge in [-0.1, -0.05) is 0 Å². The zero-order chi connectivity index (χ0) is 17.5. The minimum atomic E-state index is 0.361. The van der Waals surface area contributed by atoms with Gasteiger partial charge in [0, 0.05) is 30.4 Å². The van der Waals surface area contributed by atoms with Crippen molar-refractivity contribution in [1.82, 2.24) is 24.6 Å². The molecule has 0 spiro atoms. The summed E-state index contributed by atoms with van der Waals surface area (Å²) < 4.78 is 2.46. The molecular weight excluding hydrogens is 324 g/mol. The van der Waals surface area contributed by atoms with Gasteiger partial charge in [-0.3, -0.25) is 9.88 Å². The van der Waals surface area contributed by atoms with Crippen LogP contribution in [0.5, 0.6) is 0 Å². The molecule has 2 aliphatic carbocycles. The standard InChI is InChI=1S/C20H28N6/c21-17-11-16(12-17)20-24-23-19(26(20)18-1-2-18)13-25-9-5-15(6-10-25)14-3-7-22-8-4-14/h3-4,7-8,15-18H,1-2,5-6,9-13,21H2. The first kappa shape index (κ1) is 16.4. The van der Waals surface area contributed by atoms with Gasteiger partial charge >= 0.3 is 0 Å². The van der Waals surface area contributed by atoms with Crippen LogP contribution >= 0.6 is 0 Å². The summed E-state index contributed by atoms with van der Waals surface area (Å²) in [7, 11) is 0. The summed E-state index contributed by atoms with van der Waals surface area (Å²) in [5, 5.41) is 9.18. The van der Waals surface area contributed by atoms with Crippen LogP contribution in [-0.2, 0) is 6.54 Å². The van der Waals surface area contributed by atoms with Crippen LogP contribution in [0, 0.1) is 0 Å². The van der Waals surface area contributed by atoms with E-state index in [0.29, 0.717) is 23.9 Å². The van der Waals surface area contributed by atoms with E-state index in [1.54, 1.807) is 0 Å². The quantitative estimate of drug-likeness (QED) is 0.895. The molecule has 0 atom stereocenters. The molecular formula is C20H28N6. The number of nitrogens with zero attached hydrogens (tertiary/aromatic N) is 5. The van der Waals surface area contributed by atoms with E-state index < -0.39 is 0 Å². The maximum absolute atomic E-state index is 6.00. The normalized spacial score (nSPS) is 27.4. The van der Waals surface area contributed by atoms with Gasteiger partial charge < -0.3 is 10.3 Å². The Hall–Kier alpha value is -1.79. The summed E-state index contributed by atoms with van der Waals surface area (Å²) in [5.74, 6) is 3.58. The van der Waals surface area contributed by atoms with Crippen molar-refractivity contribution in [3.63, 3.8) is 0 Å². The molecule has 0 radical (unpaired) electrons. The predicted octanol–water partition coefficient (Wildman–Crippen LogP) is 2.59. The molecule has 1 saturated heterocycles. The molecule has 2 N–H and O–H groups in total. The maximum atomic E-state index is 6.00. The molecule has 0 amide bonds. The summed E-state index contributed by atoms with van der Waals surface area (Å²) in [5.41, 5.74) is 7.43. The zero-order valence-corrected chi connectivity index (χ0v) is 15.3. The molecule has 6 heteroatoms. The lowest BCUT2D eigenvalue weighted by Gasteiger charge is -2.33. The van der Waals surface area contributed by atoms with Gasteiger partial charge in [-0.15, -0.1) is 10.2 Å². The number of rotatable bonds is 5. The number of aromatic nitrogens is 4. The van der Waals surface area contributed by atoms with Crippen molar-refractivity contribution in [2.75, 3.05) is 13.1 Å². The third-order valence-electron chi connectivity index (χ3n) is 6.37. The fraction of sp³-hybridized carbons (Fsp3) is 0.650. The summed E-state index contributed by atoms with van der Waals surface area (Å²) in [6, 6.07) is 5.33. The van der Waals surface area contributed by atoms with Crippen LogP contribution in [-0.4, -0.2) is 43.8 Å². The molecule has 3 fully saturated rings. The molecule has 3 aliphatic rings. The van der Waals surface area contributed by atoms with E-state index >= 15 is 0 Å².